The maximum atomic E-state index is 5.52. The Morgan fingerprint density at radius 3 is 2.42 bits per heavy atom. The number of hydrogen-bond donors (Lipinski definition) is 0. The molecule has 0 aromatic heterocycles. The summed E-state index contributed by atoms with van der Waals surface area (Å²) in [5, 5.41) is 0. The minimum atomic E-state index is 0.812. The summed E-state index contributed by atoms with van der Waals surface area (Å²) in [6, 6.07) is 6.89. The molecular formula is C20H32N2O2. The third-order valence-corrected chi connectivity index (χ3v) is 5.82. The molecule has 2 atom stereocenters. The fourth-order valence-electron chi connectivity index (χ4n) is 4.34. The summed E-state index contributed by atoms with van der Waals surface area (Å²) >= 11 is 0. The highest BCUT2D eigenvalue weighted by atomic mass is 16.5. The largest absolute Gasteiger partial charge is 0.497 e. The molecule has 24 heavy (non-hydrogen) atoms. The molecule has 2 aliphatic rings. The zero-order chi connectivity index (χ0) is 16.9. The molecule has 0 radical (unpaired) electrons. The Morgan fingerprint density at radius 1 is 1.00 bits per heavy atom. The van der Waals surface area contributed by atoms with Crippen molar-refractivity contribution in [1.82, 2.24) is 9.80 Å². The summed E-state index contributed by atoms with van der Waals surface area (Å²) in [5.41, 5.74) is 1.22. The zero-order valence-corrected chi connectivity index (χ0v) is 15.5. The van der Waals surface area contributed by atoms with Crippen molar-refractivity contribution in [3.05, 3.63) is 23.8 Å². The second-order valence-electron chi connectivity index (χ2n) is 7.32. The van der Waals surface area contributed by atoms with Crippen molar-refractivity contribution in [2.75, 3.05) is 40.4 Å². The van der Waals surface area contributed by atoms with E-state index in [2.05, 4.69) is 22.8 Å². The Kier molecular flexibility index (Phi) is 6.01. The summed E-state index contributed by atoms with van der Waals surface area (Å²) in [6.07, 6.45) is 5.64. The van der Waals surface area contributed by atoms with Gasteiger partial charge in [-0.1, -0.05) is 19.8 Å². The van der Waals surface area contributed by atoms with Crippen LogP contribution in [0, 0.1) is 5.92 Å². The van der Waals surface area contributed by atoms with Gasteiger partial charge in [-0.25, -0.2) is 0 Å². The van der Waals surface area contributed by atoms with Crippen LogP contribution >= 0.6 is 0 Å². The van der Waals surface area contributed by atoms with Crippen LogP contribution in [0.5, 0.6) is 11.5 Å². The average molecular weight is 332 g/mol. The second-order valence-corrected chi connectivity index (χ2v) is 7.32. The third kappa shape index (κ3) is 4.04. The van der Waals surface area contributed by atoms with Gasteiger partial charge < -0.3 is 9.47 Å². The predicted octanol–water partition coefficient (Wildman–Crippen LogP) is 3.40. The Morgan fingerprint density at radius 2 is 1.75 bits per heavy atom. The van der Waals surface area contributed by atoms with Crippen LogP contribution < -0.4 is 9.47 Å². The van der Waals surface area contributed by atoms with E-state index in [1.807, 2.05) is 12.1 Å². The van der Waals surface area contributed by atoms with E-state index in [1.54, 1.807) is 14.2 Å². The molecule has 3 rings (SSSR count). The predicted molar refractivity (Wildman–Crippen MR) is 97.8 cm³/mol. The van der Waals surface area contributed by atoms with Crippen LogP contribution in [-0.2, 0) is 6.54 Å². The van der Waals surface area contributed by atoms with E-state index in [1.165, 1.54) is 44.3 Å². The molecule has 1 saturated carbocycles. The highest BCUT2D eigenvalue weighted by molar-refractivity contribution is 5.40. The number of nitrogens with zero attached hydrogens (tertiary/aromatic N) is 2. The third-order valence-electron chi connectivity index (χ3n) is 5.82. The Labute approximate surface area is 146 Å². The van der Waals surface area contributed by atoms with Crippen molar-refractivity contribution in [3.63, 3.8) is 0 Å². The first-order valence-corrected chi connectivity index (χ1v) is 9.38. The molecule has 1 aliphatic carbocycles. The van der Waals surface area contributed by atoms with E-state index < -0.39 is 0 Å². The van der Waals surface area contributed by atoms with Gasteiger partial charge in [0.2, 0.25) is 0 Å². The summed E-state index contributed by atoms with van der Waals surface area (Å²) < 4.78 is 10.9. The van der Waals surface area contributed by atoms with Crippen LogP contribution in [0.3, 0.4) is 0 Å². The summed E-state index contributed by atoms with van der Waals surface area (Å²) in [6.45, 7) is 8.06. The van der Waals surface area contributed by atoms with E-state index in [0.717, 1.165) is 43.1 Å². The van der Waals surface area contributed by atoms with E-state index >= 15 is 0 Å². The molecule has 1 aliphatic heterocycles. The van der Waals surface area contributed by atoms with E-state index in [9.17, 15) is 0 Å². The van der Waals surface area contributed by atoms with Crippen LogP contribution in [0.1, 0.15) is 38.2 Å². The van der Waals surface area contributed by atoms with Crippen LogP contribution in [-0.4, -0.2) is 56.2 Å². The van der Waals surface area contributed by atoms with Crippen LogP contribution in [0.2, 0.25) is 0 Å². The van der Waals surface area contributed by atoms with Gasteiger partial charge in [-0.15, -0.1) is 0 Å². The van der Waals surface area contributed by atoms with Gasteiger partial charge in [-0.3, -0.25) is 9.80 Å². The lowest BCUT2D eigenvalue weighted by molar-refractivity contribution is 0.0515. The molecule has 2 unspecified atom stereocenters. The molecule has 1 aromatic rings. The van der Waals surface area contributed by atoms with Crippen molar-refractivity contribution >= 4 is 0 Å². The maximum absolute atomic E-state index is 5.52. The minimum absolute atomic E-state index is 0.812. The second kappa shape index (κ2) is 8.21. The molecule has 1 heterocycles. The normalized spacial score (nSPS) is 26.3. The molecule has 134 valence electrons. The molecule has 0 spiro atoms. The van der Waals surface area contributed by atoms with Gasteiger partial charge in [0.25, 0.3) is 0 Å². The SMILES string of the molecule is COc1ccc(OC)c(CN2CCN(C3CCCCC3C)CC2)c1. The zero-order valence-electron chi connectivity index (χ0n) is 15.5. The van der Waals surface area contributed by atoms with Gasteiger partial charge in [-0.2, -0.15) is 0 Å². The number of rotatable bonds is 5. The molecule has 4 nitrogen and oxygen atoms in total. The molecule has 1 saturated heterocycles. The lowest BCUT2D eigenvalue weighted by atomic mass is 9.84. The molecule has 0 bridgehead atoms. The van der Waals surface area contributed by atoms with E-state index in [-0.39, 0.29) is 0 Å². The number of hydrogen-bond acceptors (Lipinski definition) is 4. The number of benzene rings is 1. The Balaban J connectivity index is 1.57. The van der Waals surface area contributed by atoms with Crippen LogP contribution in [0.25, 0.3) is 0 Å². The van der Waals surface area contributed by atoms with Crippen LogP contribution in [0.15, 0.2) is 18.2 Å². The number of ether oxygens (including phenoxy) is 2. The molecule has 1 aromatic carbocycles. The van der Waals surface area contributed by atoms with Crippen molar-refractivity contribution in [1.29, 1.82) is 0 Å². The summed E-state index contributed by atoms with van der Waals surface area (Å²) in [4.78, 5) is 5.28. The highest BCUT2D eigenvalue weighted by Crippen LogP contribution is 2.30. The van der Waals surface area contributed by atoms with E-state index in [0.29, 0.717) is 0 Å². The fourth-order valence-corrected chi connectivity index (χ4v) is 4.34. The maximum Gasteiger partial charge on any atom is 0.123 e. The van der Waals surface area contributed by atoms with Gasteiger partial charge >= 0.3 is 0 Å². The molecular weight excluding hydrogens is 300 g/mol. The minimum Gasteiger partial charge on any atom is -0.497 e. The standard InChI is InChI=1S/C20H32N2O2/c1-16-6-4-5-7-19(16)22-12-10-21(11-13-22)15-17-14-18(23-2)8-9-20(17)24-3/h8-9,14,16,19H,4-7,10-13,15H2,1-3H3. The van der Waals surface area contributed by atoms with Gasteiger partial charge in [0, 0.05) is 44.3 Å². The number of piperazine rings is 1. The Hall–Kier alpha value is -1.26. The lowest BCUT2D eigenvalue weighted by Gasteiger charge is -2.43. The smallest absolute Gasteiger partial charge is 0.123 e. The van der Waals surface area contributed by atoms with E-state index in [4.69, 9.17) is 9.47 Å². The van der Waals surface area contributed by atoms with Gasteiger partial charge in [0.1, 0.15) is 11.5 Å². The lowest BCUT2D eigenvalue weighted by Crippen LogP contribution is -2.52. The fraction of sp³-hybridized carbons (Fsp3) is 0.700. The monoisotopic (exact) mass is 332 g/mol. The first-order chi connectivity index (χ1) is 11.7. The average Bonchev–Trinajstić information content (AvgIpc) is 2.63. The van der Waals surface area contributed by atoms with Crippen molar-refractivity contribution in [2.24, 2.45) is 5.92 Å². The van der Waals surface area contributed by atoms with Gasteiger partial charge in [-0.05, 0) is 37.0 Å². The molecule has 0 N–H and O–H groups in total. The van der Waals surface area contributed by atoms with Crippen molar-refractivity contribution < 1.29 is 9.47 Å². The molecule has 4 heteroatoms. The van der Waals surface area contributed by atoms with Crippen molar-refractivity contribution in [3.8, 4) is 11.5 Å². The summed E-state index contributed by atoms with van der Waals surface area (Å²) in [7, 11) is 3.46. The first-order valence-electron chi connectivity index (χ1n) is 9.38. The number of methoxy groups -OCH3 is 2. The van der Waals surface area contributed by atoms with Crippen LogP contribution in [0.4, 0.5) is 0 Å². The first kappa shape index (κ1) is 17.6. The summed E-state index contributed by atoms with van der Waals surface area (Å²) in [5.74, 6) is 2.73. The quantitative estimate of drug-likeness (QED) is 0.825. The van der Waals surface area contributed by atoms with Gasteiger partial charge in [0.05, 0.1) is 14.2 Å². The molecule has 2 fully saturated rings. The molecule has 0 amide bonds. The Bertz CT molecular complexity index is 526. The van der Waals surface area contributed by atoms with Gasteiger partial charge in [0.15, 0.2) is 0 Å². The topological polar surface area (TPSA) is 24.9 Å². The highest BCUT2D eigenvalue weighted by Gasteiger charge is 2.29. The van der Waals surface area contributed by atoms with Crippen molar-refractivity contribution in [2.45, 2.75) is 45.2 Å².